The van der Waals surface area contributed by atoms with Gasteiger partial charge in [0.25, 0.3) is 0 Å². The number of hydrogen-bond donors (Lipinski definition) is 3. The number of anilines is 2. The predicted molar refractivity (Wildman–Crippen MR) is 68.2 cm³/mol. The first-order valence-electron chi connectivity index (χ1n) is 6.06. The van der Waals surface area contributed by atoms with Crippen LogP contribution in [0.4, 0.5) is 15.8 Å². The van der Waals surface area contributed by atoms with Crippen LogP contribution in [0.1, 0.15) is 36.5 Å². The van der Waals surface area contributed by atoms with Gasteiger partial charge in [0, 0.05) is 11.7 Å². The Morgan fingerprint density at radius 3 is 2.83 bits per heavy atom. The molecule has 1 saturated carbocycles. The Morgan fingerprint density at radius 2 is 2.28 bits per heavy atom. The van der Waals surface area contributed by atoms with Crippen LogP contribution in [0.3, 0.4) is 0 Å². The van der Waals surface area contributed by atoms with Gasteiger partial charge in [-0.3, -0.25) is 0 Å². The number of benzene rings is 1. The number of carboxylic acid groups (broad SMARTS) is 1. The number of nitrogens with two attached hydrogens (primary N) is 1. The van der Waals surface area contributed by atoms with E-state index in [0.717, 1.165) is 18.4 Å². The van der Waals surface area contributed by atoms with E-state index in [1.165, 1.54) is 18.9 Å². The summed E-state index contributed by atoms with van der Waals surface area (Å²) in [6.45, 7) is 1.97. The normalized spacial score (nSPS) is 16.3. The zero-order valence-corrected chi connectivity index (χ0v) is 10.2. The molecule has 0 aromatic heterocycles. The van der Waals surface area contributed by atoms with E-state index in [9.17, 15) is 9.18 Å². The minimum atomic E-state index is -1.15. The lowest BCUT2D eigenvalue weighted by Crippen LogP contribution is -2.17. The van der Waals surface area contributed by atoms with Crippen LogP contribution in [0, 0.1) is 11.7 Å². The van der Waals surface area contributed by atoms with Gasteiger partial charge in [-0.25, -0.2) is 9.18 Å². The number of carbonyl (C=O) groups is 1. The second-order valence-electron chi connectivity index (χ2n) is 4.95. The molecule has 1 unspecified atom stereocenters. The molecule has 0 aliphatic heterocycles. The van der Waals surface area contributed by atoms with E-state index < -0.39 is 11.8 Å². The van der Waals surface area contributed by atoms with E-state index in [1.807, 2.05) is 6.92 Å². The third kappa shape index (κ3) is 2.91. The fraction of sp³-hybridized carbons (Fsp3) is 0.462. The van der Waals surface area contributed by atoms with E-state index in [1.54, 1.807) is 0 Å². The predicted octanol–water partition coefficient (Wildman–Crippen LogP) is 2.71. The van der Waals surface area contributed by atoms with Crippen LogP contribution < -0.4 is 11.1 Å². The lowest BCUT2D eigenvalue weighted by atomic mass is 10.1. The Kier molecular flexibility index (Phi) is 3.41. The average molecular weight is 252 g/mol. The van der Waals surface area contributed by atoms with Gasteiger partial charge in [0.15, 0.2) is 0 Å². The van der Waals surface area contributed by atoms with Crippen LogP contribution in [-0.4, -0.2) is 17.1 Å². The summed E-state index contributed by atoms with van der Waals surface area (Å²) in [6.07, 6.45) is 3.44. The summed E-state index contributed by atoms with van der Waals surface area (Å²) in [7, 11) is 0. The second kappa shape index (κ2) is 4.84. The molecule has 0 radical (unpaired) electrons. The maximum atomic E-state index is 13.7. The lowest BCUT2D eigenvalue weighted by Gasteiger charge is -2.16. The van der Waals surface area contributed by atoms with Crippen molar-refractivity contribution in [3.8, 4) is 0 Å². The topological polar surface area (TPSA) is 75.3 Å². The van der Waals surface area contributed by atoms with Gasteiger partial charge < -0.3 is 16.2 Å². The summed E-state index contributed by atoms with van der Waals surface area (Å²) in [5.74, 6) is -0.936. The Morgan fingerprint density at radius 1 is 1.61 bits per heavy atom. The number of aromatic carboxylic acids is 1. The summed E-state index contributed by atoms with van der Waals surface area (Å²) in [6, 6.07) is 2.43. The van der Waals surface area contributed by atoms with Gasteiger partial charge in [-0.1, -0.05) is 12.8 Å². The van der Waals surface area contributed by atoms with E-state index in [4.69, 9.17) is 10.8 Å². The van der Waals surface area contributed by atoms with Crippen LogP contribution in [-0.2, 0) is 0 Å². The van der Waals surface area contributed by atoms with Crippen molar-refractivity contribution in [3.05, 3.63) is 23.5 Å². The number of nitrogen functional groups attached to an aromatic ring is 1. The first kappa shape index (κ1) is 12.7. The highest BCUT2D eigenvalue weighted by molar-refractivity contribution is 5.94. The van der Waals surface area contributed by atoms with Gasteiger partial charge >= 0.3 is 5.97 Å². The van der Waals surface area contributed by atoms with Crippen molar-refractivity contribution < 1.29 is 14.3 Å². The van der Waals surface area contributed by atoms with Crippen molar-refractivity contribution >= 4 is 17.3 Å². The molecule has 0 saturated heterocycles. The van der Waals surface area contributed by atoms with Crippen molar-refractivity contribution in [1.82, 2.24) is 0 Å². The molecule has 1 aromatic rings. The summed E-state index contributed by atoms with van der Waals surface area (Å²) in [5.41, 5.74) is 5.54. The summed E-state index contributed by atoms with van der Waals surface area (Å²) in [5, 5.41) is 12.0. The standard InChI is InChI=1S/C13H17FN2O2/c1-7(4-8-2-3-8)16-12-5-9(13(17)18)11(15)6-10(12)14/h5-8,16H,2-4,15H2,1H3,(H,17,18). The van der Waals surface area contributed by atoms with Gasteiger partial charge in [-0.15, -0.1) is 0 Å². The molecule has 0 amide bonds. The van der Waals surface area contributed by atoms with Crippen LogP contribution in [0.15, 0.2) is 12.1 Å². The Labute approximate surface area is 105 Å². The maximum Gasteiger partial charge on any atom is 0.337 e. The molecule has 0 bridgehead atoms. The van der Waals surface area contributed by atoms with Crippen molar-refractivity contribution in [2.45, 2.75) is 32.2 Å². The summed E-state index contributed by atoms with van der Waals surface area (Å²) >= 11 is 0. The van der Waals surface area contributed by atoms with Gasteiger partial charge in [-0.2, -0.15) is 0 Å². The minimum Gasteiger partial charge on any atom is -0.478 e. The third-order valence-corrected chi connectivity index (χ3v) is 3.16. The Bertz CT molecular complexity index is 472. The highest BCUT2D eigenvalue weighted by Gasteiger charge is 2.24. The molecule has 0 spiro atoms. The fourth-order valence-electron chi connectivity index (χ4n) is 2.06. The van der Waals surface area contributed by atoms with Crippen LogP contribution in [0.2, 0.25) is 0 Å². The zero-order chi connectivity index (χ0) is 13.3. The number of nitrogens with one attached hydrogen (secondary N) is 1. The molecule has 1 aliphatic carbocycles. The second-order valence-corrected chi connectivity index (χ2v) is 4.95. The molecule has 98 valence electrons. The zero-order valence-electron chi connectivity index (χ0n) is 10.2. The molecule has 5 heteroatoms. The molecule has 1 fully saturated rings. The molecular weight excluding hydrogens is 235 g/mol. The highest BCUT2D eigenvalue weighted by atomic mass is 19.1. The SMILES string of the molecule is CC(CC1CC1)Nc1cc(C(=O)O)c(N)cc1F. The Hall–Kier alpha value is -1.78. The summed E-state index contributed by atoms with van der Waals surface area (Å²) < 4.78 is 13.7. The molecule has 0 heterocycles. The number of rotatable bonds is 5. The van der Waals surface area contributed by atoms with Crippen molar-refractivity contribution in [3.63, 3.8) is 0 Å². The van der Waals surface area contributed by atoms with Gasteiger partial charge in [0.2, 0.25) is 0 Å². The van der Waals surface area contributed by atoms with Crippen molar-refractivity contribution in [1.29, 1.82) is 0 Å². The number of hydrogen-bond acceptors (Lipinski definition) is 3. The van der Waals surface area contributed by atoms with Crippen LogP contribution >= 0.6 is 0 Å². The lowest BCUT2D eigenvalue weighted by molar-refractivity contribution is 0.0698. The quantitative estimate of drug-likeness (QED) is 0.704. The Balaban J connectivity index is 2.15. The monoisotopic (exact) mass is 252 g/mol. The van der Waals surface area contributed by atoms with Gasteiger partial charge in [0.1, 0.15) is 5.82 Å². The molecule has 1 atom stereocenters. The molecule has 1 aromatic carbocycles. The van der Waals surface area contributed by atoms with E-state index in [2.05, 4.69) is 5.32 Å². The third-order valence-electron chi connectivity index (χ3n) is 3.16. The van der Waals surface area contributed by atoms with Crippen molar-refractivity contribution in [2.75, 3.05) is 11.1 Å². The van der Waals surface area contributed by atoms with Crippen molar-refractivity contribution in [2.24, 2.45) is 5.92 Å². The smallest absolute Gasteiger partial charge is 0.337 e. The average Bonchev–Trinajstić information content (AvgIpc) is 3.05. The fourth-order valence-corrected chi connectivity index (χ4v) is 2.06. The molecular formula is C13H17FN2O2. The number of halogens is 1. The molecule has 4 nitrogen and oxygen atoms in total. The first-order chi connectivity index (χ1) is 8.47. The first-order valence-corrected chi connectivity index (χ1v) is 6.06. The maximum absolute atomic E-state index is 13.7. The molecule has 18 heavy (non-hydrogen) atoms. The van der Waals surface area contributed by atoms with E-state index in [0.29, 0.717) is 0 Å². The largest absolute Gasteiger partial charge is 0.478 e. The minimum absolute atomic E-state index is 0.0552. The number of carboxylic acids is 1. The summed E-state index contributed by atoms with van der Waals surface area (Å²) in [4.78, 5) is 10.9. The molecule has 4 N–H and O–H groups in total. The van der Waals surface area contributed by atoms with Gasteiger partial charge in [-0.05, 0) is 31.4 Å². The van der Waals surface area contributed by atoms with Gasteiger partial charge in [0.05, 0.1) is 11.3 Å². The van der Waals surface area contributed by atoms with Crippen LogP contribution in [0.5, 0.6) is 0 Å². The van der Waals surface area contributed by atoms with E-state index in [-0.39, 0.29) is 23.0 Å². The van der Waals surface area contributed by atoms with E-state index >= 15 is 0 Å². The highest BCUT2D eigenvalue weighted by Crippen LogP contribution is 2.34. The molecule has 1 aliphatic rings. The van der Waals surface area contributed by atoms with Crippen LogP contribution in [0.25, 0.3) is 0 Å². The molecule has 2 rings (SSSR count).